The number of nitrogens with zero attached hydrogens (tertiary/aromatic N) is 4. The molecule has 33 heavy (non-hydrogen) atoms. The van der Waals surface area contributed by atoms with Gasteiger partial charge in [0.05, 0.1) is 24.1 Å². The van der Waals surface area contributed by atoms with E-state index in [1.54, 1.807) is 48.2 Å². The largest absolute Gasteiger partial charge is 0.497 e. The Kier molecular flexibility index (Phi) is 6.83. The zero-order valence-electron chi connectivity index (χ0n) is 17.5. The van der Waals surface area contributed by atoms with Crippen molar-refractivity contribution in [2.24, 2.45) is 0 Å². The van der Waals surface area contributed by atoms with Crippen LogP contribution in [0.1, 0.15) is 17.1 Å². The molecular formula is C23H19F3N4O2S. The first-order valence-electron chi connectivity index (χ1n) is 9.85. The molecule has 2 aromatic carbocycles. The van der Waals surface area contributed by atoms with Crippen LogP contribution in [0, 0.1) is 0 Å². The molecule has 0 saturated carbocycles. The number of hydrogen-bond acceptors (Lipinski definition) is 6. The standard InChI is InChI=1S/C23H19F3N4O2S/c1-31-19-8-10-20(11-9-19)32-14-21-28-29-22(33-15-17-6-2-3-12-27-17)30(21)18-7-4-5-16(13-18)23(24,25)26/h2-13H,14-15H2,1H3. The first kappa shape index (κ1) is 22.7. The fourth-order valence-corrected chi connectivity index (χ4v) is 3.90. The lowest BCUT2D eigenvalue weighted by Crippen LogP contribution is -2.09. The van der Waals surface area contributed by atoms with Gasteiger partial charge in [-0.1, -0.05) is 23.9 Å². The van der Waals surface area contributed by atoms with E-state index in [1.807, 2.05) is 18.2 Å². The van der Waals surface area contributed by atoms with Crippen molar-refractivity contribution in [3.63, 3.8) is 0 Å². The normalized spacial score (nSPS) is 11.4. The van der Waals surface area contributed by atoms with E-state index in [2.05, 4.69) is 15.2 Å². The summed E-state index contributed by atoms with van der Waals surface area (Å²) < 4.78 is 52.5. The maximum absolute atomic E-state index is 13.3. The Morgan fingerprint density at radius 2 is 1.73 bits per heavy atom. The molecule has 0 atom stereocenters. The zero-order chi connectivity index (χ0) is 23.3. The summed E-state index contributed by atoms with van der Waals surface area (Å²) in [5.41, 5.74) is 0.361. The SMILES string of the molecule is COc1ccc(OCc2nnc(SCc3ccccn3)n2-c2cccc(C(F)(F)F)c2)cc1. The van der Waals surface area contributed by atoms with Crippen molar-refractivity contribution in [1.29, 1.82) is 0 Å². The molecule has 0 aliphatic carbocycles. The van der Waals surface area contributed by atoms with Crippen LogP contribution < -0.4 is 9.47 Å². The number of pyridine rings is 1. The van der Waals surface area contributed by atoms with E-state index >= 15 is 0 Å². The predicted octanol–water partition coefficient (Wildman–Crippen LogP) is 5.56. The Bertz CT molecular complexity index is 1200. The number of halogens is 3. The minimum Gasteiger partial charge on any atom is -0.497 e. The summed E-state index contributed by atoms with van der Waals surface area (Å²) in [6.45, 7) is 0.0136. The Morgan fingerprint density at radius 1 is 0.939 bits per heavy atom. The minimum atomic E-state index is -4.47. The fraction of sp³-hybridized carbons (Fsp3) is 0.174. The van der Waals surface area contributed by atoms with E-state index in [0.29, 0.717) is 33.9 Å². The lowest BCUT2D eigenvalue weighted by atomic mass is 10.2. The summed E-state index contributed by atoms with van der Waals surface area (Å²) in [5, 5.41) is 8.83. The van der Waals surface area contributed by atoms with Crippen molar-refractivity contribution in [2.75, 3.05) is 7.11 Å². The highest BCUT2D eigenvalue weighted by Crippen LogP contribution is 2.32. The number of alkyl halides is 3. The van der Waals surface area contributed by atoms with Gasteiger partial charge in [0.15, 0.2) is 11.0 Å². The Balaban J connectivity index is 1.63. The van der Waals surface area contributed by atoms with E-state index in [0.717, 1.165) is 17.8 Å². The number of methoxy groups -OCH3 is 1. The smallest absolute Gasteiger partial charge is 0.416 e. The minimum absolute atomic E-state index is 0.0136. The van der Waals surface area contributed by atoms with Gasteiger partial charge in [0.1, 0.15) is 18.1 Å². The summed E-state index contributed by atoms with van der Waals surface area (Å²) in [6, 6.07) is 17.6. The molecule has 2 heterocycles. The molecule has 4 aromatic rings. The Morgan fingerprint density at radius 3 is 2.42 bits per heavy atom. The summed E-state index contributed by atoms with van der Waals surface area (Å²) in [6.07, 6.45) is -2.79. The first-order chi connectivity index (χ1) is 15.9. The maximum Gasteiger partial charge on any atom is 0.416 e. The highest BCUT2D eigenvalue weighted by Gasteiger charge is 2.31. The fourth-order valence-electron chi connectivity index (χ4n) is 3.01. The summed E-state index contributed by atoms with van der Waals surface area (Å²) in [7, 11) is 1.57. The van der Waals surface area contributed by atoms with Crippen LogP contribution in [0.5, 0.6) is 11.5 Å². The molecule has 6 nitrogen and oxygen atoms in total. The quantitative estimate of drug-likeness (QED) is 0.313. The third-order valence-electron chi connectivity index (χ3n) is 4.63. The molecule has 0 saturated heterocycles. The van der Waals surface area contributed by atoms with Gasteiger partial charge in [-0.3, -0.25) is 9.55 Å². The summed E-state index contributed by atoms with van der Waals surface area (Å²) in [5.74, 6) is 2.10. The Labute approximate surface area is 192 Å². The van der Waals surface area contributed by atoms with Gasteiger partial charge in [0.25, 0.3) is 0 Å². The van der Waals surface area contributed by atoms with Crippen LogP contribution in [0.15, 0.2) is 78.1 Å². The second-order valence-corrected chi connectivity index (χ2v) is 7.80. The number of hydrogen-bond donors (Lipinski definition) is 0. The highest BCUT2D eigenvalue weighted by molar-refractivity contribution is 7.98. The molecule has 4 rings (SSSR count). The molecule has 0 radical (unpaired) electrons. The molecular weight excluding hydrogens is 453 g/mol. The second-order valence-electron chi connectivity index (χ2n) is 6.86. The van der Waals surface area contributed by atoms with E-state index in [9.17, 15) is 13.2 Å². The van der Waals surface area contributed by atoms with Crippen molar-refractivity contribution >= 4 is 11.8 Å². The van der Waals surface area contributed by atoms with Crippen LogP contribution in [-0.2, 0) is 18.5 Å². The number of thioether (sulfide) groups is 1. The molecule has 170 valence electrons. The van der Waals surface area contributed by atoms with E-state index in [-0.39, 0.29) is 6.61 Å². The zero-order valence-corrected chi connectivity index (χ0v) is 18.3. The van der Waals surface area contributed by atoms with Crippen molar-refractivity contribution in [3.05, 3.63) is 90.0 Å². The van der Waals surface area contributed by atoms with E-state index in [4.69, 9.17) is 9.47 Å². The topological polar surface area (TPSA) is 62.1 Å². The molecule has 0 fully saturated rings. The van der Waals surface area contributed by atoms with Crippen LogP contribution in [0.25, 0.3) is 5.69 Å². The van der Waals surface area contributed by atoms with Crippen LogP contribution in [-0.4, -0.2) is 26.9 Å². The van der Waals surface area contributed by atoms with Gasteiger partial charge in [-0.05, 0) is 54.6 Å². The molecule has 2 aromatic heterocycles. The van der Waals surface area contributed by atoms with Gasteiger partial charge in [-0.2, -0.15) is 13.2 Å². The highest BCUT2D eigenvalue weighted by atomic mass is 32.2. The van der Waals surface area contributed by atoms with Gasteiger partial charge < -0.3 is 9.47 Å². The average molecular weight is 472 g/mol. The van der Waals surface area contributed by atoms with Crippen molar-refractivity contribution < 1.29 is 22.6 Å². The van der Waals surface area contributed by atoms with Crippen LogP contribution >= 0.6 is 11.8 Å². The van der Waals surface area contributed by atoms with E-state index in [1.165, 1.54) is 17.8 Å². The van der Waals surface area contributed by atoms with E-state index < -0.39 is 11.7 Å². The third-order valence-corrected chi connectivity index (χ3v) is 5.60. The van der Waals surface area contributed by atoms with Gasteiger partial charge in [0.2, 0.25) is 0 Å². The number of ether oxygens (including phenoxy) is 2. The van der Waals surface area contributed by atoms with Crippen molar-refractivity contribution in [1.82, 2.24) is 19.7 Å². The van der Waals surface area contributed by atoms with Gasteiger partial charge in [-0.15, -0.1) is 10.2 Å². The second kappa shape index (κ2) is 9.95. The number of benzene rings is 2. The number of aromatic nitrogens is 4. The number of rotatable bonds is 8. The molecule has 0 amide bonds. The van der Waals surface area contributed by atoms with Crippen LogP contribution in [0.4, 0.5) is 13.2 Å². The predicted molar refractivity (Wildman–Crippen MR) is 117 cm³/mol. The molecule has 0 aliphatic rings. The molecule has 0 bridgehead atoms. The van der Waals surface area contributed by atoms with Crippen molar-refractivity contribution in [3.8, 4) is 17.2 Å². The van der Waals surface area contributed by atoms with Gasteiger partial charge in [-0.25, -0.2) is 0 Å². The Hall–Kier alpha value is -3.53. The lowest BCUT2D eigenvalue weighted by Gasteiger charge is -2.13. The molecule has 0 spiro atoms. The van der Waals surface area contributed by atoms with Crippen LogP contribution in [0.3, 0.4) is 0 Å². The average Bonchev–Trinajstić information content (AvgIpc) is 3.25. The molecule has 0 N–H and O–H groups in total. The molecule has 10 heteroatoms. The van der Waals surface area contributed by atoms with Crippen LogP contribution in [0.2, 0.25) is 0 Å². The van der Waals surface area contributed by atoms with Gasteiger partial charge in [0, 0.05) is 11.9 Å². The van der Waals surface area contributed by atoms with Gasteiger partial charge >= 0.3 is 6.18 Å². The third kappa shape index (κ3) is 5.64. The summed E-state index contributed by atoms with van der Waals surface area (Å²) in [4.78, 5) is 4.28. The summed E-state index contributed by atoms with van der Waals surface area (Å²) >= 11 is 1.33. The lowest BCUT2D eigenvalue weighted by molar-refractivity contribution is -0.137. The monoisotopic (exact) mass is 472 g/mol. The first-order valence-corrected chi connectivity index (χ1v) is 10.8. The maximum atomic E-state index is 13.3. The molecule has 0 aliphatic heterocycles. The molecule has 0 unspecified atom stereocenters. The van der Waals surface area contributed by atoms with Crippen molar-refractivity contribution in [2.45, 2.75) is 23.7 Å².